The molecule has 0 spiro atoms. The quantitative estimate of drug-likeness (QED) is 0.856. The number of halogens is 3. The zero-order valence-corrected chi connectivity index (χ0v) is 13.9. The van der Waals surface area contributed by atoms with Crippen molar-refractivity contribution in [1.29, 1.82) is 0 Å². The zero-order chi connectivity index (χ0) is 18.6. The van der Waals surface area contributed by atoms with Crippen LogP contribution in [0.15, 0.2) is 64.3 Å². The van der Waals surface area contributed by atoms with Crippen LogP contribution in [0.3, 0.4) is 0 Å². The van der Waals surface area contributed by atoms with Crippen LogP contribution in [0, 0.1) is 0 Å². The van der Waals surface area contributed by atoms with E-state index in [9.17, 15) is 18.0 Å². The van der Waals surface area contributed by atoms with E-state index in [4.69, 9.17) is 0 Å². The lowest BCUT2D eigenvalue weighted by Gasteiger charge is -2.21. The highest BCUT2D eigenvalue weighted by atomic mass is 19.4. The van der Waals surface area contributed by atoms with E-state index in [-0.39, 0.29) is 18.0 Å². The van der Waals surface area contributed by atoms with Gasteiger partial charge in [0.1, 0.15) is 0 Å². The van der Waals surface area contributed by atoms with Gasteiger partial charge in [-0.2, -0.15) is 13.2 Å². The topological polar surface area (TPSA) is 53.5 Å². The van der Waals surface area contributed by atoms with Crippen molar-refractivity contribution < 1.29 is 18.0 Å². The van der Waals surface area contributed by atoms with Gasteiger partial charge in [0, 0.05) is 30.7 Å². The summed E-state index contributed by atoms with van der Waals surface area (Å²) >= 11 is 0. The molecule has 4 nitrogen and oxygen atoms in total. The van der Waals surface area contributed by atoms with E-state index in [1.807, 2.05) is 18.2 Å². The Kier molecular flexibility index (Phi) is 5.25. The van der Waals surface area contributed by atoms with Gasteiger partial charge in [-0.15, -0.1) is 0 Å². The SMILES string of the molecule is O=C(CC1=C(C2=CC=NCC2)NCC=C1)Nc1cccc(C(F)(F)F)c1. The fraction of sp³-hybridized carbons (Fsp3) is 0.263. The second-order valence-electron chi connectivity index (χ2n) is 5.98. The maximum Gasteiger partial charge on any atom is 0.416 e. The van der Waals surface area contributed by atoms with Gasteiger partial charge in [0.2, 0.25) is 5.91 Å². The molecule has 0 radical (unpaired) electrons. The Morgan fingerprint density at radius 2 is 2.15 bits per heavy atom. The van der Waals surface area contributed by atoms with Crippen molar-refractivity contribution >= 4 is 17.8 Å². The lowest BCUT2D eigenvalue weighted by atomic mass is 9.97. The maximum absolute atomic E-state index is 12.8. The van der Waals surface area contributed by atoms with Crippen LogP contribution in [0.5, 0.6) is 0 Å². The highest BCUT2D eigenvalue weighted by molar-refractivity contribution is 5.93. The summed E-state index contributed by atoms with van der Waals surface area (Å²) in [7, 11) is 0. The lowest BCUT2D eigenvalue weighted by Crippen LogP contribution is -2.23. The van der Waals surface area contributed by atoms with Crippen LogP contribution in [-0.2, 0) is 11.0 Å². The summed E-state index contributed by atoms with van der Waals surface area (Å²) in [5.41, 5.74) is 2.12. The predicted molar refractivity (Wildman–Crippen MR) is 94.9 cm³/mol. The van der Waals surface area contributed by atoms with Crippen LogP contribution in [0.2, 0.25) is 0 Å². The Morgan fingerprint density at radius 1 is 1.31 bits per heavy atom. The molecule has 0 unspecified atom stereocenters. The molecule has 0 saturated heterocycles. The van der Waals surface area contributed by atoms with Gasteiger partial charge in [0.25, 0.3) is 0 Å². The largest absolute Gasteiger partial charge is 0.416 e. The van der Waals surface area contributed by atoms with Crippen LogP contribution in [-0.4, -0.2) is 25.2 Å². The summed E-state index contributed by atoms with van der Waals surface area (Å²) in [6.45, 7) is 1.37. The van der Waals surface area contributed by atoms with Crippen LogP contribution in [0.1, 0.15) is 18.4 Å². The molecule has 0 saturated carbocycles. The molecule has 7 heteroatoms. The predicted octanol–water partition coefficient (Wildman–Crippen LogP) is 3.85. The normalized spacial score (nSPS) is 17.0. The number of allylic oxidation sites excluding steroid dienone is 3. The van der Waals surface area contributed by atoms with Crippen molar-refractivity contribution in [2.24, 2.45) is 4.99 Å². The van der Waals surface area contributed by atoms with Gasteiger partial charge >= 0.3 is 6.18 Å². The number of carbonyl (C=O) groups is 1. The number of nitrogens with zero attached hydrogens (tertiary/aromatic N) is 1. The van der Waals surface area contributed by atoms with Crippen molar-refractivity contribution in [2.75, 3.05) is 18.4 Å². The highest BCUT2D eigenvalue weighted by Crippen LogP contribution is 2.31. The molecule has 2 aliphatic heterocycles. The van der Waals surface area contributed by atoms with Crippen molar-refractivity contribution in [3.05, 3.63) is 64.9 Å². The number of alkyl halides is 3. The summed E-state index contributed by atoms with van der Waals surface area (Å²) < 4.78 is 38.3. The standard InChI is InChI=1S/C19H18F3N3O/c20-19(21,22)15-4-1-5-16(12-15)25-17(26)11-14-3-2-8-24-18(14)13-6-9-23-10-7-13/h1-6,9,12,24H,7-8,10-11H2,(H,25,26). The van der Waals surface area contributed by atoms with Gasteiger partial charge in [0.05, 0.1) is 12.0 Å². The summed E-state index contributed by atoms with van der Waals surface area (Å²) in [6, 6.07) is 4.62. The van der Waals surface area contributed by atoms with Crippen LogP contribution < -0.4 is 10.6 Å². The maximum atomic E-state index is 12.8. The molecule has 136 valence electrons. The number of hydrogen-bond acceptors (Lipinski definition) is 3. The smallest absolute Gasteiger partial charge is 0.381 e. The molecule has 2 N–H and O–H groups in total. The summed E-state index contributed by atoms with van der Waals surface area (Å²) in [6.07, 6.45) is 3.86. The minimum Gasteiger partial charge on any atom is -0.381 e. The molecule has 3 rings (SSSR count). The molecule has 1 amide bonds. The zero-order valence-electron chi connectivity index (χ0n) is 13.9. The molecule has 0 aromatic heterocycles. The number of hydrogen-bond donors (Lipinski definition) is 2. The molecule has 0 fully saturated rings. The minimum atomic E-state index is -4.44. The first kappa shape index (κ1) is 18.0. The summed E-state index contributed by atoms with van der Waals surface area (Å²) in [4.78, 5) is 16.5. The van der Waals surface area contributed by atoms with Crippen LogP contribution in [0.25, 0.3) is 0 Å². The minimum absolute atomic E-state index is 0.0730. The van der Waals surface area contributed by atoms with Gasteiger partial charge in [-0.05, 0) is 41.8 Å². The molecule has 2 aliphatic rings. The molecular formula is C19H18F3N3O. The molecular weight excluding hydrogens is 343 g/mol. The molecule has 1 aromatic rings. The third-order valence-electron chi connectivity index (χ3n) is 4.07. The second-order valence-corrected chi connectivity index (χ2v) is 5.98. The average Bonchev–Trinajstić information content (AvgIpc) is 2.62. The van der Waals surface area contributed by atoms with E-state index in [0.717, 1.165) is 35.4 Å². The molecule has 26 heavy (non-hydrogen) atoms. The monoisotopic (exact) mass is 361 g/mol. The number of rotatable bonds is 4. The Labute approximate surface area is 149 Å². The number of carbonyl (C=O) groups excluding carboxylic acids is 1. The molecule has 1 aromatic carbocycles. The van der Waals surface area contributed by atoms with E-state index in [2.05, 4.69) is 15.6 Å². The number of amides is 1. The Hall–Kier alpha value is -2.83. The lowest BCUT2D eigenvalue weighted by molar-refractivity contribution is -0.137. The third-order valence-corrected chi connectivity index (χ3v) is 4.07. The molecule has 0 aliphatic carbocycles. The number of anilines is 1. The number of benzene rings is 1. The van der Waals surface area contributed by atoms with Crippen molar-refractivity contribution in [2.45, 2.75) is 19.0 Å². The van der Waals surface area contributed by atoms with E-state index < -0.39 is 11.7 Å². The van der Waals surface area contributed by atoms with Gasteiger partial charge < -0.3 is 10.6 Å². The van der Waals surface area contributed by atoms with Crippen molar-refractivity contribution in [3.63, 3.8) is 0 Å². The molecule has 2 heterocycles. The van der Waals surface area contributed by atoms with E-state index >= 15 is 0 Å². The molecule has 0 atom stereocenters. The van der Waals surface area contributed by atoms with Gasteiger partial charge in [-0.25, -0.2) is 0 Å². The Bertz CT molecular complexity index is 820. The highest BCUT2D eigenvalue weighted by Gasteiger charge is 2.30. The van der Waals surface area contributed by atoms with E-state index in [1.54, 1.807) is 6.21 Å². The average molecular weight is 361 g/mol. The van der Waals surface area contributed by atoms with Crippen LogP contribution >= 0.6 is 0 Å². The first-order valence-electron chi connectivity index (χ1n) is 8.23. The van der Waals surface area contributed by atoms with Gasteiger partial charge in [-0.1, -0.05) is 18.2 Å². The van der Waals surface area contributed by atoms with Gasteiger partial charge in [0.15, 0.2) is 0 Å². The summed E-state index contributed by atoms with van der Waals surface area (Å²) in [5.74, 6) is -0.366. The van der Waals surface area contributed by atoms with E-state index in [1.165, 1.54) is 12.1 Å². The fourth-order valence-electron chi connectivity index (χ4n) is 2.87. The first-order chi connectivity index (χ1) is 12.4. The molecule has 0 bridgehead atoms. The number of nitrogens with one attached hydrogen (secondary N) is 2. The first-order valence-corrected chi connectivity index (χ1v) is 8.23. The Morgan fingerprint density at radius 3 is 2.88 bits per heavy atom. The summed E-state index contributed by atoms with van der Waals surface area (Å²) in [5, 5.41) is 5.82. The third kappa shape index (κ3) is 4.41. The van der Waals surface area contributed by atoms with Crippen molar-refractivity contribution in [3.8, 4) is 0 Å². The number of aliphatic imine (C=N–C) groups is 1. The van der Waals surface area contributed by atoms with Gasteiger partial charge in [-0.3, -0.25) is 9.79 Å². The number of dihydropyridines is 2. The van der Waals surface area contributed by atoms with E-state index in [0.29, 0.717) is 13.1 Å². The second kappa shape index (κ2) is 7.59. The van der Waals surface area contributed by atoms with Crippen molar-refractivity contribution in [1.82, 2.24) is 5.32 Å². The Balaban J connectivity index is 1.74. The fourth-order valence-corrected chi connectivity index (χ4v) is 2.87. The van der Waals surface area contributed by atoms with Crippen LogP contribution in [0.4, 0.5) is 18.9 Å².